The van der Waals surface area contributed by atoms with Crippen molar-refractivity contribution < 1.29 is 4.79 Å². The second kappa shape index (κ2) is 7.84. The van der Waals surface area contributed by atoms with Crippen LogP contribution in [0.15, 0.2) is 18.2 Å². The van der Waals surface area contributed by atoms with Crippen molar-refractivity contribution in [3.05, 3.63) is 35.0 Å². The number of carbonyl (C=O) groups excluding carboxylic acids is 1. The number of rotatable bonds is 7. The first-order valence-electron chi connectivity index (χ1n) is 9.34. The molecule has 2 aromatic rings. The van der Waals surface area contributed by atoms with Crippen LogP contribution in [0.1, 0.15) is 67.1 Å². The van der Waals surface area contributed by atoms with Gasteiger partial charge < -0.3 is 10.7 Å². The smallest absolute Gasteiger partial charge is 0.248 e. The zero-order valence-corrected chi connectivity index (χ0v) is 14.7. The van der Waals surface area contributed by atoms with Crippen LogP contribution in [0.4, 0.5) is 0 Å². The minimum absolute atomic E-state index is 0.352. The lowest BCUT2D eigenvalue weighted by atomic mass is 10.0. The molecule has 3 rings (SSSR count). The van der Waals surface area contributed by atoms with Crippen LogP contribution in [0.2, 0.25) is 0 Å². The quantitative estimate of drug-likeness (QED) is 0.755. The van der Waals surface area contributed by atoms with Gasteiger partial charge in [-0.3, -0.25) is 9.69 Å². The Labute approximate surface area is 144 Å². The molecule has 1 amide bonds. The summed E-state index contributed by atoms with van der Waals surface area (Å²) in [6.45, 7) is 5.57. The number of amides is 1. The molecule has 2 heterocycles. The van der Waals surface area contributed by atoms with E-state index in [9.17, 15) is 4.79 Å². The van der Waals surface area contributed by atoms with Crippen LogP contribution in [0.25, 0.3) is 10.9 Å². The molecule has 24 heavy (non-hydrogen) atoms. The summed E-state index contributed by atoms with van der Waals surface area (Å²) in [6.07, 6.45) is 8.70. The number of likely N-dealkylation sites (tertiary alicyclic amines) is 1. The number of H-pyrrole nitrogens is 1. The van der Waals surface area contributed by atoms with E-state index in [4.69, 9.17) is 5.73 Å². The predicted octanol–water partition coefficient (Wildman–Crippen LogP) is 3.99. The van der Waals surface area contributed by atoms with Crippen molar-refractivity contribution in [1.82, 2.24) is 9.88 Å². The van der Waals surface area contributed by atoms with Crippen molar-refractivity contribution in [3.8, 4) is 0 Å². The Morgan fingerprint density at radius 1 is 1.21 bits per heavy atom. The van der Waals surface area contributed by atoms with Gasteiger partial charge in [0.1, 0.15) is 0 Å². The number of fused-ring (bicyclic) bond motifs is 1. The second-order valence-electron chi connectivity index (χ2n) is 7.00. The molecule has 3 N–H and O–H groups in total. The fourth-order valence-electron chi connectivity index (χ4n) is 3.74. The normalized spacial score (nSPS) is 15.9. The number of unbranched alkanes of at least 4 members (excludes halogenated alkanes) is 2. The van der Waals surface area contributed by atoms with Crippen LogP contribution in [0.5, 0.6) is 0 Å². The number of benzene rings is 1. The van der Waals surface area contributed by atoms with Gasteiger partial charge in [-0.1, -0.05) is 26.2 Å². The summed E-state index contributed by atoms with van der Waals surface area (Å²) in [5.41, 5.74) is 9.91. The maximum atomic E-state index is 11.6. The number of nitrogens with two attached hydrogens (primary N) is 1. The van der Waals surface area contributed by atoms with Gasteiger partial charge in [-0.05, 0) is 62.5 Å². The van der Waals surface area contributed by atoms with E-state index in [1.54, 1.807) is 0 Å². The van der Waals surface area contributed by atoms with E-state index in [0.29, 0.717) is 5.56 Å². The molecule has 0 unspecified atom stereocenters. The molecule has 0 radical (unpaired) electrons. The molecule has 0 spiro atoms. The largest absolute Gasteiger partial charge is 0.366 e. The molecule has 4 heteroatoms. The van der Waals surface area contributed by atoms with Gasteiger partial charge in [0.15, 0.2) is 0 Å². The third-order valence-corrected chi connectivity index (χ3v) is 5.14. The number of aromatic amines is 1. The molecular weight excluding hydrogens is 298 g/mol. The summed E-state index contributed by atoms with van der Waals surface area (Å²) in [6, 6.07) is 5.79. The number of carbonyl (C=O) groups is 1. The first-order chi connectivity index (χ1) is 11.7. The van der Waals surface area contributed by atoms with Gasteiger partial charge in [0.25, 0.3) is 0 Å². The average molecular weight is 327 g/mol. The zero-order chi connectivity index (χ0) is 16.9. The van der Waals surface area contributed by atoms with Crippen molar-refractivity contribution >= 4 is 16.8 Å². The molecule has 1 fully saturated rings. The van der Waals surface area contributed by atoms with E-state index in [2.05, 4.69) is 16.8 Å². The summed E-state index contributed by atoms with van der Waals surface area (Å²) < 4.78 is 0. The van der Waals surface area contributed by atoms with Gasteiger partial charge >= 0.3 is 0 Å². The van der Waals surface area contributed by atoms with Crippen molar-refractivity contribution in [2.45, 2.75) is 58.4 Å². The molecule has 0 saturated carbocycles. The highest BCUT2D eigenvalue weighted by Gasteiger charge is 2.17. The number of aryl methyl sites for hydroxylation is 1. The third kappa shape index (κ3) is 3.81. The fraction of sp³-hybridized carbons (Fsp3) is 0.550. The summed E-state index contributed by atoms with van der Waals surface area (Å²) in [4.78, 5) is 17.7. The summed E-state index contributed by atoms with van der Waals surface area (Å²) in [5, 5.41) is 1.17. The highest BCUT2D eigenvalue weighted by molar-refractivity contribution is 5.98. The Balaban J connectivity index is 1.93. The van der Waals surface area contributed by atoms with E-state index in [-0.39, 0.29) is 5.91 Å². The zero-order valence-electron chi connectivity index (χ0n) is 14.7. The Morgan fingerprint density at radius 3 is 2.71 bits per heavy atom. The van der Waals surface area contributed by atoms with Gasteiger partial charge in [0.05, 0.1) is 0 Å². The number of nitrogens with one attached hydrogen (secondary N) is 1. The van der Waals surface area contributed by atoms with E-state index >= 15 is 0 Å². The average Bonchev–Trinajstić information content (AvgIpc) is 2.93. The van der Waals surface area contributed by atoms with Crippen LogP contribution in [0.3, 0.4) is 0 Å². The molecule has 1 aromatic carbocycles. The lowest BCUT2D eigenvalue weighted by Gasteiger charge is -2.26. The monoisotopic (exact) mass is 327 g/mol. The summed E-state index contributed by atoms with van der Waals surface area (Å²) in [5.74, 6) is -0.352. The molecule has 1 aliphatic heterocycles. The lowest BCUT2D eigenvalue weighted by molar-refractivity contribution is 0.100. The molecule has 130 valence electrons. The topological polar surface area (TPSA) is 62.1 Å². The number of piperidine rings is 1. The Bertz CT molecular complexity index is 698. The fourth-order valence-corrected chi connectivity index (χ4v) is 3.74. The molecule has 1 aliphatic rings. The molecule has 1 aromatic heterocycles. The molecule has 1 saturated heterocycles. The van der Waals surface area contributed by atoms with Crippen LogP contribution in [0, 0.1) is 0 Å². The Kier molecular flexibility index (Phi) is 5.56. The maximum Gasteiger partial charge on any atom is 0.248 e. The SMILES string of the molecule is CCCCCc1[nH]c2ccc(C(N)=O)cc2c1CN1CCCCC1. The Hall–Kier alpha value is -1.81. The number of primary amides is 1. The molecule has 0 atom stereocenters. The standard InChI is InChI=1S/C20H29N3O/c1-2-3-5-8-18-17(14-23-11-6-4-7-12-23)16-13-15(20(21)24)9-10-19(16)22-18/h9-10,13,22H,2-8,11-12,14H2,1H3,(H2,21,24). The van der Waals surface area contributed by atoms with Gasteiger partial charge in [-0.2, -0.15) is 0 Å². The van der Waals surface area contributed by atoms with Crippen molar-refractivity contribution in [2.75, 3.05) is 13.1 Å². The van der Waals surface area contributed by atoms with Gasteiger partial charge in [0, 0.05) is 28.7 Å². The van der Waals surface area contributed by atoms with Crippen LogP contribution >= 0.6 is 0 Å². The summed E-state index contributed by atoms with van der Waals surface area (Å²) >= 11 is 0. The van der Waals surface area contributed by atoms with Crippen LogP contribution in [-0.2, 0) is 13.0 Å². The number of hydrogen-bond donors (Lipinski definition) is 2. The van der Waals surface area contributed by atoms with Crippen LogP contribution in [-0.4, -0.2) is 28.9 Å². The van der Waals surface area contributed by atoms with Gasteiger partial charge in [-0.25, -0.2) is 0 Å². The van der Waals surface area contributed by atoms with Crippen molar-refractivity contribution in [2.24, 2.45) is 5.73 Å². The van der Waals surface area contributed by atoms with E-state index in [0.717, 1.165) is 18.5 Å². The lowest BCUT2D eigenvalue weighted by Crippen LogP contribution is -2.29. The summed E-state index contributed by atoms with van der Waals surface area (Å²) in [7, 11) is 0. The number of nitrogens with zero attached hydrogens (tertiary/aromatic N) is 1. The number of aromatic nitrogens is 1. The van der Waals surface area contributed by atoms with Gasteiger partial charge in [0.2, 0.25) is 5.91 Å². The number of hydrogen-bond acceptors (Lipinski definition) is 2. The van der Waals surface area contributed by atoms with E-state index in [1.165, 1.54) is 68.3 Å². The second-order valence-corrected chi connectivity index (χ2v) is 7.00. The maximum absolute atomic E-state index is 11.6. The highest BCUT2D eigenvalue weighted by Crippen LogP contribution is 2.27. The van der Waals surface area contributed by atoms with Crippen molar-refractivity contribution in [1.29, 1.82) is 0 Å². The predicted molar refractivity (Wildman–Crippen MR) is 99.2 cm³/mol. The first-order valence-corrected chi connectivity index (χ1v) is 9.34. The Morgan fingerprint density at radius 2 is 2.00 bits per heavy atom. The highest BCUT2D eigenvalue weighted by atomic mass is 16.1. The van der Waals surface area contributed by atoms with E-state index in [1.807, 2.05) is 18.2 Å². The third-order valence-electron chi connectivity index (χ3n) is 5.14. The first kappa shape index (κ1) is 17.0. The minimum Gasteiger partial charge on any atom is -0.366 e. The van der Waals surface area contributed by atoms with Gasteiger partial charge in [-0.15, -0.1) is 0 Å². The van der Waals surface area contributed by atoms with Crippen LogP contribution < -0.4 is 5.73 Å². The van der Waals surface area contributed by atoms with Crippen molar-refractivity contribution in [3.63, 3.8) is 0 Å². The molecule has 0 bridgehead atoms. The molecular formula is C20H29N3O. The van der Waals surface area contributed by atoms with E-state index < -0.39 is 0 Å². The molecule has 0 aliphatic carbocycles. The minimum atomic E-state index is -0.352. The molecule has 4 nitrogen and oxygen atoms in total.